The largest absolute Gasteiger partial charge is 0.395 e. The lowest BCUT2D eigenvalue weighted by molar-refractivity contribution is 0.254. The molecule has 3 heteroatoms. The molecule has 1 atom stereocenters. The van der Waals surface area contributed by atoms with Crippen molar-refractivity contribution in [3.05, 3.63) is 35.4 Å². The summed E-state index contributed by atoms with van der Waals surface area (Å²) in [5, 5.41) is 12.1. The van der Waals surface area contributed by atoms with E-state index in [1.165, 1.54) is 11.1 Å². The van der Waals surface area contributed by atoms with Crippen molar-refractivity contribution in [3.8, 4) is 0 Å². The Morgan fingerprint density at radius 3 is 2.81 bits per heavy atom. The predicted octanol–water partition coefficient (Wildman–Crippen LogP) is 2.20. The van der Waals surface area contributed by atoms with Crippen LogP contribution in [0.1, 0.15) is 18.1 Å². The minimum atomic E-state index is 0.207. The molecule has 90 valence electrons. The molecule has 0 aliphatic carbocycles. The molecule has 1 rings (SSSR count). The van der Waals surface area contributed by atoms with Crippen molar-refractivity contribution in [2.45, 2.75) is 25.6 Å². The Labute approximate surface area is 102 Å². The summed E-state index contributed by atoms with van der Waals surface area (Å²) in [5.41, 5.74) is 2.79. The first-order valence-electron chi connectivity index (χ1n) is 5.70. The topological polar surface area (TPSA) is 32.3 Å². The summed E-state index contributed by atoms with van der Waals surface area (Å²) in [5.74, 6) is 2.15. The zero-order valence-electron chi connectivity index (χ0n) is 10.1. The van der Waals surface area contributed by atoms with E-state index >= 15 is 0 Å². The fourth-order valence-electron chi connectivity index (χ4n) is 1.40. The molecule has 0 fully saturated rings. The van der Waals surface area contributed by atoms with Crippen LogP contribution in [0.3, 0.4) is 0 Å². The Bertz CT molecular complexity index is 304. The van der Waals surface area contributed by atoms with Crippen LogP contribution < -0.4 is 5.32 Å². The Morgan fingerprint density at radius 1 is 1.38 bits per heavy atom. The van der Waals surface area contributed by atoms with Crippen molar-refractivity contribution in [1.29, 1.82) is 0 Å². The van der Waals surface area contributed by atoms with Crippen LogP contribution in [0.4, 0.5) is 0 Å². The number of rotatable bonds is 7. The van der Waals surface area contributed by atoms with Gasteiger partial charge >= 0.3 is 0 Å². The van der Waals surface area contributed by atoms with E-state index in [-0.39, 0.29) is 12.6 Å². The van der Waals surface area contributed by atoms with Gasteiger partial charge in [-0.05, 0) is 25.0 Å². The smallest absolute Gasteiger partial charge is 0.0581 e. The lowest BCUT2D eigenvalue weighted by atomic mass is 10.1. The highest BCUT2D eigenvalue weighted by Gasteiger charge is 1.99. The van der Waals surface area contributed by atoms with Gasteiger partial charge < -0.3 is 10.4 Å². The maximum Gasteiger partial charge on any atom is 0.0581 e. The third-order valence-corrected chi connectivity index (χ3v) is 3.54. The quantitative estimate of drug-likeness (QED) is 0.716. The summed E-state index contributed by atoms with van der Waals surface area (Å²) in [7, 11) is 0. The monoisotopic (exact) mass is 239 g/mol. The van der Waals surface area contributed by atoms with Gasteiger partial charge in [-0.15, -0.1) is 0 Å². The van der Waals surface area contributed by atoms with Crippen LogP contribution in [-0.4, -0.2) is 30.1 Å². The summed E-state index contributed by atoms with van der Waals surface area (Å²) in [6, 6.07) is 8.72. The molecule has 0 aromatic heterocycles. The number of nitrogens with one attached hydrogen (secondary N) is 1. The van der Waals surface area contributed by atoms with Crippen LogP contribution in [0.25, 0.3) is 0 Å². The van der Waals surface area contributed by atoms with E-state index in [1.807, 2.05) is 18.7 Å². The van der Waals surface area contributed by atoms with Gasteiger partial charge in [0.15, 0.2) is 0 Å². The molecule has 1 aromatic rings. The third kappa shape index (κ3) is 5.01. The van der Waals surface area contributed by atoms with Gasteiger partial charge in [0, 0.05) is 24.1 Å². The summed E-state index contributed by atoms with van der Waals surface area (Å²) in [6.45, 7) is 5.31. The van der Waals surface area contributed by atoms with Gasteiger partial charge in [0.1, 0.15) is 0 Å². The summed E-state index contributed by atoms with van der Waals surface area (Å²) in [4.78, 5) is 0. The van der Waals surface area contributed by atoms with Crippen LogP contribution in [0, 0.1) is 6.92 Å². The Balaban J connectivity index is 2.14. The van der Waals surface area contributed by atoms with E-state index in [0.717, 1.165) is 18.1 Å². The zero-order valence-corrected chi connectivity index (χ0v) is 10.9. The molecule has 0 heterocycles. The molecule has 0 amide bonds. The summed E-state index contributed by atoms with van der Waals surface area (Å²) in [6.07, 6.45) is 0. The Morgan fingerprint density at radius 2 is 2.12 bits per heavy atom. The highest BCUT2D eigenvalue weighted by Crippen LogP contribution is 2.15. The number of benzene rings is 1. The average molecular weight is 239 g/mol. The molecular formula is C13H21NOS. The average Bonchev–Trinajstić information content (AvgIpc) is 2.30. The first kappa shape index (κ1) is 13.6. The van der Waals surface area contributed by atoms with Gasteiger partial charge in [0.05, 0.1) is 6.61 Å². The van der Waals surface area contributed by atoms with Crippen molar-refractivity contribution in [1.82, 2.24) is 5.32 Å². The molecule has 0 bridgehead atoms. The maximum absolute atomic E-state index is 8.84. The molecule has 0 unspecified atom stereocenters. The number of aryl methyl sites for hydroxylation is 1. The van der Waals surface area contributed by atoms with Gasteiger partial charge in [-0.1, -0.05) is 24.3 Å². The fraction of sp³-hybridized carbons (Fsp3) is 0.538. The van der Waals surface area contributed by atoms with Crippen molar-refractivity contribution >= 4 is 11.8 Å². The molecule has 0 aliphatic rings. The molecule has 0 aliphatic heterocycles. The maximum atomic E-state index is 8.84. The summed E-state index contributed by atoms with van der Waals surface area (Å²) < 4.78 is 0. The third-order valence-electron chi connectivity index (χ3n) is 2.53. The molecule has 0 radical (unpaired) electrons. The molecule has 2 N–H and O–H groups in total. The number of hydrogen-bond acceptors (Lipinski definition) is 3. The molecule has 2 nitrogen and oxygen atoms in total. The number of aliphatic hydroxyl groups is 1. The van der Waals surface area contributed by atoms with Crippen molar-refractivity contribution in [2.24, 2.45) is 0 Å². The predicted molar refractivity (Wildman–Crippen MR) is 71.9 cm³/mol. The highest BCUT2D eigenvalue weighted by atomic mass is 32.2. The minimum absolute atomic E-state index is 0.207. The van der Waals surface area contributed by atoms with E-state index in [4.69, 9.17) is 5.11 Å². The normalized spacial score (nSPS) is 12.7. The van der Waals surface area contributed by atoms with E-state index < -0.39 is 0 Å². The van der Waals surface area contributed by atoms with E-state index in [0.29, 0.717) is 0 Å². The first-order valence-corrected chi connectivity index (χ1v) is 6.86. The van der Waals surface area contributed by atoms with Crippen molar-refractivity contribution in [3.63, 3.8) is 0 Å². The van der Waals surface area contributed by atoms with Crippen LogP contribution in [0.15, 0.2) is 24.3 Å². The molecule has 0 spiro atoms. The fourth-order valence-corrected chi connectivity index (χ4v) is 2.35. The number of thioether (sulfide) groups is 1. The zero-order chi connectivity index (χ0) is 11.8. The van der Waals surface area contributed by atoms with Gasteiger partial charge in [0.25, 0.3) is 0 Å². The Hall–Kier alpha value is -0.510. The number of aliphatic hydroxyl groups excluding tert-OH is 1. The van der Waals surface area contributed by atoms with Gasteiger partial charge in [-0.3, -0.25) is 0 Å². The molecule has 1 aromatic carbocycles. The van der Waals surface area contributed by atoms with Gasteiger partial charge in [0.2, 0.25) is 0 Å². The van der Waals surface area contributed by atoms with Crippen molar-refractivity contribution in [2.75, 3.05) is 18.9 Å². The van der Waals surface area contributed by atoms with Crippen LogP contribution in [0.5, 0.6) is 0 Å². The highest BCUT2D eigenvalue weighted by molar-refractivity contribution is 7.98. The molecular weight excluding hydrogens is 218 g/mol. The van der Waals surface area contributed by atoms with Crippen LogP contribution in [-0.2, 0) is 5.75 Å². The second-order valence-corrected chi connectivity index (χ2v) is 5.12. The van der Waals surface area contributed by atoms with E-state index in [1.54, 1.807) is 0 Å². The van der Waals surface area contributed by atoms with E-state index in [9.17, 15) is 0 Å². The second kappa shape index (κ2) is 7.71. The van der Waals surface area contributed by atoms with Crippen LogP contribution >= 0.6 is 11.8 Å². The van der Waals surface area contributed by atoms with Gasteiger partial charge in [-0.2, -0.15) is 11.8 Å². The minimum Gasteiger partial charge on any atom is -0.395 e. The first-order chi connectivity index (χ1) is 7.74. The van der Waals surface area contributed by atoms with Crippen molar-refractivity contribution < 1.29 is 5.11 Å². The lowest BCUT2D eigenvalue weighted by Crippen LogP contribution is -2.31. The summed E-state index contributed by atoms with van der Waals surface area (Å²) >= 11 is 1.93. The molecule has 0 saturated carbocycles. The number of hydrogen-bond donors (Lipinski definition) is 2. The van der Waals surface area contributed by atoms with Gasteiger partial charge in [-0.25, -0.2) is 0 Å². The lowest BCUT2D eigenvalue weighted by Gasteiger charge is -2.10. The van der Waals surface area contributed by atoms with E-state index in [2.05, 4.69) is 36.5 Å². The Kier molecular flexibility index (Phi) is 6.53. The standard InChI is InChI=1S/C13H21NOS/c1-11-5-3-4-6-13(11)10-16-8-7-14-12(2)9-15/h3-6,12,14-15H,7-10H2,1-2H3/t12-/m0/s1. The second-order valence-electron chi connectivity index (χ2n) is 4.02. The SMILES string of the molecule is Cc1ccccc1CSCCN[C@@H](C)CO. The van der Waals surface area contributed by atoms with Crippen LogP contribution in [0.2, 0.25) is 0 Å². The molecule has 0 saturated heterocycles. The molecule has 16 heavy (non-hydrogen) atoms.